The molecule has 0 atom stereocenters. The Kier molecular flexibility index (Phi) is 5.12. The first kappa shape index (κ1) is 17.4. The van der Waals surface area contributed by atoms with Gasteiger partial charge in [0.05, 0.1) is 6.61 Å². The molecule has 2 heterocycles. The summed E-state index contributed by atoms with van der Waals surface area (Å²) in [6, 6.07) is 14.5. The number of esters is 1. The minimum absolute atomic E-state index is 0.0433. The van der Waals surface area contributed by atoms with E-state index in [4.69, 9.17) is 9.47 Å². The number of ether oxygens (including phenoxy) is 2. The molecule has 0 aliphatic carbocycles. The van der Waals surface area contributed by atoms with Gasteiger partial charge < -0.3 is 14.6 Å². The van der Waals surface area contributed by atoms with Crippen LogP contribution in [0.3, 0.4) is 0 Å². The minimum atomic E-state index is -0.623. The van der Waals surface area contributed by atoms with Gasteiger partial charge >= 0.3 is 17.5 Å². The number of nitrogens with zero attached hydrogens (tertiary/aromatic N) is 2. The quantitative estimate of drug-likeness (QED) is 0.479. The highest BCUT2D eigenvalue weighted by atomic mass is 16.5. The SMILES string of the molecule is CCOC(=O)/C(=C1/N=C([O-])C(C)=C(c2ccccc2)O1)[n+]1ccccc1. The molecule has 0 fully saturated rings. The lowest BCUT2D eigenvalue weighted by molar-refractivity contribution is -0.580. The van der Waals surface area contributed by atoms with Crippen molar-refractivity contribution in [1.29, 1.82) is 0 Å². The third-order valence-electron chi connectivity index (χ3n) is 3.74. The number of hydrogen-bond acceptors (Lipinski definition) is 5. The van der Waals surface area contributed by atoms with E-state index in [2.05, 4.69) is 4.99 Å². The van der Waals surface area contributed by atoms with Gasteiger partial charge in [0, 0.05) is 23.3 Å². The molecular weight excluding hydrogens is 332 g/mol. The van der Waals surface area contributed by atoms with Gasteiger partial charge in [-0.3, -0.25) is 0 Å². The number of carbonyl (C=O) groups excluding carboxylic acids is 1. The zero-order valence-electron chi connectivity index (χ0n) is 14.5. The summed E-state index contributed by atoms with van der Waals surface area (Å²) in [5.74, 6) is -0.793. The lowest BCUT2D eigenvalue weighted by Gasteiger charge is -2.23. The van der Waals surface area contributed by atoms with Gasteiger partial charge in [-0.2, -0.15) is 4.57 Å². The summed E-state index contributed by atoms with van der Waals surface area (Å²) >= 11 is 0. The van der Waals surface area contributed by atoms with E-state index in [0.29, 0.717) is 11.3 Å². The number of benzene rings is 1. The molecule has 0 radical (unpaired) electrons. The molecule has 1 aliphatic rings. The summed E-state index contributed by atoms with van der Waals surface area (Å²) in [6.07, 6.45) is 3.33. The van der Waals surface area contributed by atoms with E-state index >= 15 is 0 Å². The Labute approximate surface area is 151 Å². The molecule has 1 aromatic carbocycles. The van der Waals surface area contributed by atoms with Gasteiger partial charge in [0.2, 0.25) is 0 Å². The van der Waals surface area contributed by atoms with Gasteiger partial charge in [0.15, 0.2) is 12.4 Å². The first-order chi connectivity index (χ1) is 12.6. The van der Waals surface area contributed by atoms with Gasteiger partial charge in [-0.1, -0.05) is 36.4 Å². The number of rotatable bonds is 4. The third-order valence-corrected chi connectivity index (χ3v) is 3.74. The van der Waals surface area contributed by atoms with Crippen molar-refractivity contribution in [3.63, 3.8) is 0 Å². The topological polar surface area (TPSA) is 74.8 Å². The van der Waals surface area contributed by atoms with Crippen molar-refractivity contribution >= 4 is 23.3 Å². The number of aliphatic imine (C=N–C) groups is 1. The van der Waals surface area contributed by atoms with Crippen molar-refractivity contribution in [1.82, 2.24) is 0 Å². The molecule has 0 saturated carbocycles. The minimum Gasteiger partial charge on any atom is -0.858 e. The molecule has 0 amide bonds. The lowest BCUT2D eigenvalue weighted by Crippen LogP contribution is -2.38. The van der Waals surface area contributed by atoms with Crippen molar-refractivity contribution < 1.29 is 23.9 Å². The Bertz CT molecular complexity index is 900. The Morgan fingerprint density at radius 1 is 1.15 bits per heavy atom. The van der Waals surface area contributed by atoms with Crippen LogP contribution in [0.2, 0.25) is 0 Å². The van der Waals surface area contributed by atoms with Gasteiger partial charge in [0.1, 0.15) is 5.76 Å². The smallest absolute Gasteiger partial charge is 0.410 e. The summed E-state index contributed by atoms with van der Waals surface area (Å²) < 4.78 is 12.5. The first-order valence-corrected chi connectivity index (χ1v) is 8.20. The van der Waals surface area contributed by atoms with E-state index in [0.717, 1.165) is 5.56 Å². The Balaban J connectivity index is 2.14. The van der Waals surface area contributed by atoms with E-state index in [1.165, 1.54) is 4.57 Å². The second-order valence-corrected chi connectivity index (χ2v) is 5.50. The predicted molar refractivity (Wildman–Crippen MR) is 94.0 cm³/mol. The van der Waals surface area contributed by atoms with Crippen molar-refractivity contribution in [3.05, 3.63) is 77.9 Å². The van der Waals surface area contributed by atoms with Crippen molar-refractivity contribution in [2.24, 2.45) is 4.99 Å². The Morgan fingerprint density at radius 3 is 2.46 bits per heavy atom. The molecule has 0 unspecified atom stereocenters. The number of hydrogen-bond donors (Lipinski definition) is 0. The Morgan fingerprint density at radius 2 is 1.81 bits per heavy atom. The van der Waals surface area contributed by atoms with E-state index in [-0.39, 0.29) is 18.2 Å². The average molecular weight is 350 g/mol. The van der Waals surface area contributed by atoms with Crippen LogP contribution in [0.5, 0.6) is 0 Å². The van der Waals surface area contributed by atoms with Crippen molar-refractivity contribution in [2.75, 3.05) is 6.61 Å². The fourth-order valence-corrected chi connectivity index (χ4v) is 2.49. The molecule has 0 N–H and O–H groups in total. The van der Waals surface area contributed by atoms with Crippen LogP contribution >= 0.6 is 0 Å². The third kappa shape index (κ3) is 3.49. The monoisotopic (exact) mass is 350 g/mol. The van der Waals surface area contributed by atoms with Gasteiger partial charge in [0.25, 0.3) is 0 Å². The lowest BCUT2D eigenvalue weighted by atomic mass is 10.1. The van der Waals surface area contributed by atoms with Gasteiger partial charge in [-0.15, -0.1) is 0 Å². The van der Waals surface area contributed by atoms with Gasteiger partial charge in [-0.05, 0) is 19.7 Å². The van der Waals surface area contributed by atoms with Crippen LogP contribution in [0.4, 0.5) is 0 Å². The molecule has 1 aromatic heterocycles. The van der Waals surface area contributed by atoms with Crippen LogP contribution in [0.25, 0.3) is 11.5 Å². The fourth-order valence-electron chi connectivity index (χ4n) is 2.49. The molecular formula is C20H18N2O4. The molecule has 0 saturated heterocycles. The summed E-state index contributed by atoms with van der Waals surface area (Å²) in [5, 5.41) is 12.4. The summed E-state index contributed by atoms with van der Waals surface area (Å²) in [6.45, 7) is 3.54. The van der Waals surface area contributed by atoms with E-state index < -0.39 is 11.9 Å². The highest BCUT2D eigenvalue weighted by Gasteiger charge is 2.31. The molecule has 0 bridgehead atoms. The average Bonchev–Trinajstić information content (AvgIpc) is 2.66. The molecule has 3 rings (SSSR count). The first-order valence-electron chi connectivity index (χ1n) is 8.20. The van der Waals surface area contributed by atoms with Crippen LogP contribution in [0, 0.1) is 0 Å². The van der Waals surface area contributed by atoms with Crippen molar-refractivity contribution in [3.8, 4) is 0 Å². The predicted octanol–water partition coefficient (Wildman–Crippen LogP) is 1.88. The van der Waals surface area contributed by atoms with E-state index in [9.17, 15) is 9.90 Å². The maximum absolute atomic E-state index is 12.5. The van der Waals surface area contributed by atoms with Crippen LogP contribution in [-0.4, -0.2) is 18.5 Å². The van der Waals surface area contributed by atoms with Crippen LogP contribution in [-0.2, 0) is 14.3 Å². The number of carbonyl (C=O) groups is 1. The molecule has 1 aliphatic heterocycles. The summed E-state index contributed by atoms with van der Waals surface area (Å²) in [7, 11) is 0. The van der Waals surface area contributed by atoms with E-state index in [1.54, 1.807) is 38.4 Å². The molecule has 2 aromatic rings. The second kappa shape index (κ2) is 7.65. The maximum atomic E-state index is 12.5. The Hall–Kier alpha value is -3.41. The van der Waals surface area contributed by atoms with Crippen LogP contribution in [0.15, 0.2) is 77.4 Å². The number of pyridine rings is 1. The molecule has 6 nitrogen and oxygen atoms in total. The zero-order chi connectivity index (χ0) is 18.5. The van der Waals surface area contributed by atoms with Gasteiger partial charge in [-0.25, -0.2) is 9.79 Å². The largest absolute Gasteiger partial charge is 0.858 e. The summed E-state index contributed by atoms with van der Waals surface area (Å²) in [4.78, 5) is 16.5. The maximum Gasteiger partial charge on any atom is 0.410 e. The normalized spacial score (nSPS) is 15.8. The van der Waals surface area contributed by atoms with E-state index in [1.807, 2.05) is 36.4 Å². The fraction of sp³-hybridized carbons (Fsp3) is 0.150. The van der Waals surface area contributed by atoms with Crippen LogP contribution in [0.1, 0.15) is 19.4 Å². The molecule has 26 heavy (non-hydrogen) atoms. The highest BCUT2D eigenvalue weighted by molar-refractivity contribution is 6.08. The van der Waals surface area contributed by atoms with Crippen LogP contribution < -0.4 is 9.67 Å². The van der Waals surface area contributed by atoms with Crippen molar-refractivity contribution in [2.45, 2.75) is 13.8 Å². The second-order valence-electron chi connectivity index (χ2n) is 5.50. The highest BCUT2D eigenvalue weighted by Crippen LogP contribution is 2.29. The summed E-state index contributed by atoms with van der Waals surface area (Å²) in [5.41, 5.74) is 1.15. The standard InChI is InChI=1S/C20H18N2O4/c1-3-25-20(24)16(22-12-8-5-9-13-22)19-21-18(23)14(2)17(26-19)15-10-6-4-7-11-15/h4-13H,3H2,1-2H3. The zero-order valence-corrected chi connectivity index (χ0v) is 14.5. The molecule has 132 valence electrons. The molecule has 6 heteroatoms. The molecule has 0 spiro atoms. The number of aromatic nitrogens is 1.